The first kappa shape index (κ1) is 78.3. The molecule has 0 aromatic rings. The highest BCUT2D eigenvalue weighted by Gasteiger charge is 2.19. The average molecular weight is 1150 g/mol. The average Bonchev–Trinajstić information content (AvgIpc) is 3.49. The van der Waals surface area contributed by atoms with E-state index < -0.39 is 6.10 Å². The van der Waals surface area contributed by atoms with Crippen LogP contribution in [0.25, 0.3) is 0 Å². The summed E-state index contributed by atoms with van der Waals surface area (Å²) in [6.07, 6.45) is 100. The Morgan fingerprint density at radius 2 is 0.470 bits per heavy atom. The van der Waals surface area contributed by atoms with Gasteiger partial charge in [0, 0.05) is 19.3 Å². The minimum absolute atomic E-state index is 0.101. The van der Waals surface area contributed by atoms with Crippen LogP contribution in [0.5, 0.6) is 0 Å². The third-order valence-electron chi connectivity index (χ3n) is 14.3. The topological polar surface area (TPSA) is 78.9 Å². The van der Waals surface area contributed by atoms with E-state index in [0.29, 0.717) is 19.3 Å². The minimum Gasteiger partial charge on any atom is -0.462 e. The molecule has 6 nitrogen and oxygen atoms in total. The van der Waals surface area contributed by atoms with Crippen LogP contribution in [0.1, 0.15) is 303 Å². The quantitative estimate of drug-likeness (QED) is 0.0261. The van der Waals surface area contributed by atoms with E-state index in [-0.39, 0.29) is 31.1 Å². The second-order valence-corrected chi connectivity index (χ2v) is 22.3. The van der Waals surface area contributed by atoms with Crippen molar-refractivity contribution < 1.29 is 28.6 Å². The highest BCUT2D eigenvalue weighted by molar-refractivity contribution is 5.71. The maximum Gasteiger partial charge on any atom is 0.306 e. The van der Waals surface area contributed by atoms with Crippen molar-refractivity contribution in [3.05, 3.63) is 146 Å². The lowest BCUT2D eigenvalue weighted by Crippen LogP contribution is -2.30. The van der Waals surface area contributed by atoms with E-state index in [2.05, 4.69) is 167 Å². The number of carbonyl (C=O) groups is 3. The van der Waals surface area contributed by atoms with Gasteiger partial charge in [-0.1, -0.05) is 289 Å². The lowest BCUT2D eigenvalue weighted by atomic mass is 10.0. The SMILES string of the molecule is CC/C=C\C/C=C\C/C=C\C/C=C\C/C=C\CCCCCCCCCC(=O)OC(COC(=O)CCCC/C=C\C/C=C\C/C=C\C/C=C\CC)COC(=O)CCCCCCCCCCCCCC/C=C\C/C=C\C/C=C\CCCCCCC. The van der Waals surface area contributed by atoms with Crippen molar-refractivity contribution in [2.45, 2.75) is 309 Å². The van der Waals surface area contributed by atoms with Gasteiger partial charge in [0.1, 0.15) is 13.2 Å². The third kappa shape index (κ3) is 68.0. The Morgan fingerprint density at radius 3 is 0.759 bits per heavy atom. The molecule has 0 fully saturated rings. The lowest BCUT2D eigenvalue weighted by molar-refractivity contribution is -0.167. The molecule has 0 aliphatic carbocycles. The van der Waals surface area contributed by atoms with Gasteiger partial charge >= 0.3 is 17.9 Å². The van der Waals surface area contributed by atoms with Crippen molar-refractivity contribution in [3.8, 4) is 0 Å². The van der Waals surface area contributed by atoms with Crippen molar-refractivity contribution in [2.75, 3.05) is 13.2 Å². The van der Waals surface area contributed by atoms with Gasteiger partial charge in [0.15, 0.2) is 6.10 Å². The second kappa shape index (κ2) is 69.8. The van der Waals surface area contributed by atoms with Crippen LogP contribution in [0, 0.1) is 0 Å². The summed E-state index contributed by atoms with van der Waals surface area (Å²) in [6.45, 7) is 6.37. The fourth-order valence-corrected chi connectivity index (χ4v) is 9.23. The van der Waals surface area contributed by atoms with Crippen LogP contribution in [-0.2, 0) is 28.6 Å². The molecule has 0 aliphatic heterocycles. The molecule has 6 heteroatoms. The van der Waals surface area contributed by atoms with Gasteiger partial charge in [-0.15, -0.1) is 0 Å². The molecule has 0 aliphatic rings. The first-order valence-corrected chi connectivity index (χ1v) is 34.3. The molecule has 0 N–H and O–H groups in total. The van der Waals surface area contributed by atoms with Gasteiger partial charge in [-0.2, -0.15) is 0 Å². The van der Waals surface area contributed by atoms with Crippen molar-refractivity contribution in [1.82, 2.24) is 0 Å². The van der Waals surface area contributed by atoms with Gasteiger partial charge in [0.25, 0.3) is 0 Å². The second-order valence-electron chi connectivity index (χ2n) is 22.3. The molecule has 0 spiro atoms. The summed E-state index contributed by atoms with van der Waals surface area (Å²) < 4.78 is 16.9. The number of allylic oxidation sites excluding steroid dienone is 24. The number of unbranched alkanes of at least 4 members (excludes halogenated alkanes) is 26. The molecule has 0 amide bonds. The van der Waals surface area contributed by atoms with Gasteiger partial charge in [-0.05, 0) is 141 Å². The summed E-state index contributed by atoms with van der Waals surface area (Å²) >= 11 is 0. The molecule has 0 saturated heterocycles. The molecule has 0 bridgehead atoms. The van der Waals surface area contributed by atoms with Crippen LogP contribution in [0.2, 0.25) is 0 Å². The van der Waals surface area contributed by atoms with Crippen molar-refractivity contribution in [1.29, 1.82) is 0 Å². The maximum atomic E-state index is 13.0. The molecule has 1 atom stereocenters. The summed E-state index contributed by atoms with van der Waals surface area (Å²) in [6, 6.07) is 0. The fourth-order valence-electron chi connectivity index (χ4n) is 9.23. The highest BCUT2D eigenvalue weighted by atomic mass is 16.6. The number of ether oxygens (including phenoxy) is 3. The van der Waals surface area contributed by atoms with Crippen molar-refractivity contribution >= 4 is 17.9 Å². The van der Waals surface area contributed by atoms with Crippen LogP contribution in [0.4, 0.5) is 0 Å². The van der Waals surface area contributed by atoms with E-state index in [1.807, 2.05) is 0 Å². The molecule has 0 saturated carbocycles. The van der Waals surface area contributed by atoms with Crippen LogP contribution >= 0.6 is 0 Å². The summed E-state index contributed by atoms with van der Waals surface area (Å²) in [5.41, 5.74) is 0. The van der Waals surface area contributed by atoms with Crippen LogP contribution < -0.4 is 0 Å². The monoisotopic (exact) mass is 1150 g/mol. The van der Waals surface area contributed by atoms with E-state index in [4.69, 9.17) is 14.2 Å². The minimum atomic E-state index is -0.810. The first-order valence-electron chi connectivity index (χ1n) is 34.3. The fraction of sp³-hybridized carbons (Fsp3) is 0.649. The molecular weight excluding hydrogens is 1020 g/mol. The number of esters is 3. The van der Waals surface area contributed by atoms with E-state index >= 15 is 0 Å². The standard InChI is InChI=1S/C77H126O6/c1-4-7-10-13-16-19-22-25-28-30-32-34-36-37-38-39-41-42-44-46-49-52-55-58-61-64-67-70-76(79)82-73-74(72-81-75(78)69-66-63-60-57-54-51-48-27-24-21-18-15-12-9-6-3)83-77(80)71-68-65-62-59-56-53-50-47-45-43-40-35-33-31-29-26-23-20-17-14-11-8-5-2/h8-9,11-12,17-18,20-22,25-27,29-30,32-33,35-37,43,45,48,54,57,74H,4-7,10,13-16,19,23-24,28,31,34,38-42,44,46-47,49-53,55-56,58-73H2,1-3H3/b11-8-,12-9-,20-17-,21-18-,25-22-,29-26-,32-30-,35-33-,37-36-,45-43-,48-27-,57-54-. The Balaban J connectivity index is 4.40. The molecule has 0 rings (SSSR count). The largest absolute Gasteiger partial charge is 0.462 e. The Bertz CT molecular complexity index is 1800. The van der Waals surface area contributed by atoms with Gasteiger partial charge in [0.05, 0.1) is 0 Å². The summed E-state index contributed by atoms with van der Waals surface area (Å²) in [4.78, 5) is 38.4. The summed E-state index contributed by atoms with van der Waals surface area (Å²) in [5, 5.41) is 0. The van der Waals surface area contributed by atoms with Crippen LogP contribution in [-0.4, -0.2) is 37.2 Å². The molecule has 0 heterocycles. The first-order chi connectivity index (χ1) is 41.0. The van der Waals surface area contributed by atoms with E-state index in [0.717, 1.165) is 141 Å². The zero-order valence-electron chi connectivity index (χ0n) is 53.9. The highest BCUT2D eigenvalue weighted by Crippen LogP contribution is 2.16. The molecule has 1 unspecified atom stereocenters. The Morgan fingerprint density at radius 1 is 0.253 bits per heavy atom. The molecule has 0 radical (unpaired) electrons. The predicted octanol–water partition coefficient (Wildman–Crippen LogP) is 23.9. The van der Waals surface area contributed by atoms with E-state index in [1.165, 1.54) is 122 Å². The van der Waals surface area contributed by atoms with Crippen LogP contribution in [0.3, 0.4) is 0 Å². The van der Waals surface area contributed by atoms with Crippen molar-refractivity contribution in [3.63, 3.8) is 0 Å². The zero-order chi connectivity index (χ0) is 59.9. The Hall–Kier alpha value is -4.71. The number of carbonyl (C=O) groups excluding carboxylic acids is 3. The molecule has 83 heavy (non-hydrogen) atoms. The van der Waals surface area contributed by atoms with Gasteiger partial charge < -0.3 is 14.2 Å². The number of hydrogen-bond donors (Lipinski definition) is 0. The molecule has 470 valence electrons. The number of hydrogen-bond acceptors (Lipinski definition) is 6. The Kier molecular flexibility index (Phi) is 65.8. The van der Waals surface area contributed by atoms with Gasteiger partial charge in [0.2, 0.25) is 0 Å². The third-order valence-corrected chi connectivity index (χ3v) is 14.3. The van der Waals surface area contributed by atoms with Gasteiger partial charge in [-0.3, -0.25) is 14.4 Å². The smallest absolute Gasteiger partial charge is 0.306 e. The normalized spacial score (nSPS) is 13.0. The zero-order valence-corrected chi connectivity index (χ0v) is 53.9. The predicted molar refractivity (Wildman–Crippen MR) is 362 cm³/mol. The lowest BCUT2D eigenvalue weighted by Gasteiger charge is -2.18. The molecule has 0 aromatic carbocycles. The Labute approximate surface area is 512 Å². The molecular formula is C77H126O6. The summed E-state index contributed by atoms with van der Waals surface area (Å²) in [7, 11) is 0. The van der Waals surface area contributed by atoms with Gasteiger partial charge in [-0.25, -0.2) is 0 Å². The van der Waals surface area contributed by atoms with E-state index in [1.54, 1.807) is 0 Å². The maximum absolute atomic E-state index is 13.0. The van der Waals surface area contributed by atoms with E-state index in [9.17, 15) is 14.4 Å². The summed E-state index contributed by atoms with van der Waals surface area (Å²) in [5.74, 6) is -0.954. The number of rotatable bonds is 61. The molecule has 0 aromatic heterocycles. The van der Waals surface area contributed by atoms with Crippen LogP contribution in [0.15, 0.2) is 146 Å². The van der Waals surface area contributed by atoms with Crippen molar-refractivity contribution in [2.24, 2.45) is 0 Å².